The summed E-state index contributed by atoms with van der Waals surface area (Å²) in [5.41, 5.74) is 0.677. The third-order valence-electron chi connectivity index (χ3n) is 9.33. The molecule has 1 aliphatic heterocycles. The van der Waals surface area contributed by atoms with Crippen LogP contribution >= 0.6 is 0 Å². The molecule has 2 aromatic rings. The van der Waals surface area contributed by atoms with E-state index < -0.39 is 16.1 Å². The lowest BCUT2D eigenvalue weighted by atomic mass is 9.89. The number of benzene rings is 1. The Morgan fingerprint density at radius 2 is 1.80 bits per heavy atom. The number of aliphatic hydroxyl groups excluding tert-OH is 1. The Morgan fingerprint density at radius 3 is 2.48 bits per heavy atom. The Morgan fingerprint density at radius 1 is 1.09 bits per heavy atom. The van der Waals surface area contributed by atoms with Gasteiger partial charge in [-0.1, -0.05) is 31.3 Å². The number of likely N-dealkylation sites (N-methyl/N-ethyl adjacent to an activating group) is 1. The molecular formula is C34H54N4O7S. The van der Waals surface area contributed by atoms with E-state index in [1.807, 2.05) is 13.8 Å². The van der Waals surface area contributed by atoms with Crippen molar-refractivity contribution in [3.63, 3.8) is 0 Å². The van der Waals surface area contributed by atoms with E-state index in [9.17, 15) is 18.3 Å². The van der Waals surface area contributed by atoms with E-state index in [0.717, 1.165) is 32.4 Å². The lowest BCUT2D eigenvalue weighted by molar-refractivity contribution is -0.0190. The fourth-order valence-electron chi connectivity index (χ4n) is 6.71. The van der Waals surface area contributed by atoms with Gasteiger partial charge >= 0.3 is 0 Å². The van der Waals surface area contributed by atoms with Crippen molar-refractivity contribution < 1.29 is 32.3 Å². The number of rotatable bonds is 9. The third kappa shape index (κ3) is 9.45. The van der Waals surface area contributed by atoms with Gasteiger partial charge in [-0.25, -0.2) is 8.42 Å². The quantitative estimate of drug-likeness (QED) is 0.362. The Kier molecular flexibility index (Phi) is 12.9. The monoisotopic (exact) mass is 662 g/mol. The molecule has 0 saturated heterocycles. The van der Waals surface area contributed by atoms with E-state index in [1.54, 1.807) is 24.0 Å². The average Bonchev–Trinajstić information content (AvgIpc) is 3.37. The number of fused-ring (bicyclic) bond motifs is 1. The van der Waals surface area contributed by atoms with Gasteiger partial charge < -0.3 is 28.9 Å². The highest BCUT2D eigenvalue weighted by molar-refractivity contribution is 7.92. The smallest absolute Gasteiger partial charge is 0.267 e. The van der Waals surface area contributed by atoms with E-state index >= 15 is 0 Å². The van der Waals surface area contributed by atoms with Gasteiger partial charge in [0.15, 0.2) is 10.7 Å². The van der Waals surface area contributed by atoms with E-state index in [-0.39, 0.29) is 58.2 Å². The SMILES string of the molecule is Cc1noc(C)c1S(=O)(=O)Nc1ccc2c(c1)C(=O)N([C@H](C)CO)C[C@@H](C)[C@H](CN(C)CC1CCCCC1)OCCCC[C@H](C)O2. The second-order valence-corrected chi connectivity index (χ2v) is 15.1. The number of amides is 1. The molecule has 2 aliphatic rings. The van der Waals surface area contributed by atoms with Gasteiger partial charge in [-0.15, -0.1) is 0 Å². The van der Waals surface area contributed by atoms with Crippen LogP contribution in [0.2, 0.25) is 0 Å². The summed E-state index contributed by atoms with van der Waals surface area (Å²) in [5.74, 6) is 0.883. The number of aromatic nitrogens is 1. The fourth-order valence-corrected chi connectivity index (χ4v) is 8.09. The molecule has 0 spiro atoms. The van der Waals surface area contributed by atoms with Crippen molar-refractivity contribution in [2.45, 2.75) is 109 Å². The number of hydrogen-bond donors (Lipinski definition) is 2. The van der Waals surface area contributed by atoms with Crippen LogP contribution in [0, 0.1) is 25.7 Å². The lowest BCUT2D eigenvalue weighted by Crippen LogP contribution is -2.47. The third-order valence-corrected chi connectivity index (χ3v) is 11.0. The fraction of sp³-hybridized carbons (Fsp3) is 0.706. The van der Waals surface area contributed by atoms with Gasteiger partial charge in [0, 0.05) is 37.8 Å². The van der Waals surface area contributed by atoms with Gasteiger partial charge in [0.05, 0.1) is 30.4 Å². The predicted molar refractivity (Wildman–Crippen MR) is 178 cm³/mol. The summed E-state index contributed by atoms with van der Waals surface area (Å²) in [6.45, 7) is 11.5. The highest BCUT2D eigenvalue weighted by Gasteiger charge is 2.31. The maximum absolute atomic E-state index is 14.4. The number of ether oxygens (including phenoxy) is 2. The molecule has 1 saturated carbocycles. The number of aliphatic hydroxyl groups is 1. The van der Waals surface area contributed by atoms with Crippen molar-refractivity contribution in [1.82, 2.24) is 15.0 Å². The zero-order chi connectivity index (χ0) is 33.4. The van der Waals surface area contributed by atoms with Crippen LogP contribution < -0.4 is 9.46 Å². The summed E-state index contributed by atoms with van der Waals surface area (Å²) in [4.78, 5) is 18.4. The summed E-state index contributed by atoms with van der Waals surface area (Å²) in [5, 5.41) is 14.0. The van der Waals surface area contributed by atoms with Crippen molar-refractivity contribution in [2.75, 3.05) is 44.6 Å². The van der Waals surface area contributed by atoms with Crippen molar-refractivity contribution in [2.24, 2.45) is 11.8 Å². The number of anilines is 1. The molecule has 1 fully saturated rings. The van der Waals surface area contributed by atoms with Crippen LogP contribution in [0.5, 0.6) is 5.75 Å². The Hall–Kier alpha value is -2.67. The molecule has 1 aromatic heterocycles. The normalized spacial score (nSPS) is 23.4. The van der Waals surface area contributed by atoms with Gasteiger partial charge in [-0.3, -0.25) is 9.52 Å². The molecule has 11 nitrogen and oxygen atoms in total. The van der Waals surface area contributed by atoms with Crippen LogP contribution in [-0.4, -0.2) is 92.5 Å². The van der Waals surface area contributed by atoms with Gasteiger partial charge in [0.1, 0.15) is 11.4 Å². The molecule has 0 bridgehead atoms. The van der Waals surface area contributed by atoms with Crippen molar-refractivity contribution in [1.29, 1.82) is 0 Å². The summed E-state index contributed by atoms with van der Waals surface area (Å²) in [6.07, 6.45) is 8.79. The zero-order valence-corrected chi connectivity index (χ0v) is 29.3. The van der Waals surface area contributed by atoms with E-state index in [2.05, 4.69) is 28.8 Å². The van der Waals surface area contributed by atoms with Crippen LogP contribution in [0.1, 0.15) is 93.9 Å². The van der Waals surface area contributed by atoms with Crippen LogP contribution in [0.4, 0.5) is 5.69 Å². The van der Waals surface area contributed by atoms with Gasteiger partial charge in [0.25, 0.3) is 15.9 Å². The van der Waals surface area contributed by atoms with Gasteiger partial charge in [-0.05, 0) is 91.0 Å². The largest absolute Gasteiger partial charge is 0.490 e. The number of nitrogens with one attached hydrogen (secondary N) is 1. The highest BCUT2D eigenvalue weighted by atomic mass is 32.2. The molecule has 1 amide bonds. The first-order chi connectivity index (χ1) is 21.9. The molecule has 46 heavy (non-hydrogen) atoms. The van der Waals surface area contributed by atoms with Crippen molar-refractivity contribution in [3.8, 4) is 5.75 Å². The standard InChI is InChI=1S/C34H54N4O7S/c1-23-19-38(24(2)22-39)34(40)30-18-29(36-46(41,42)33-26(4)35-45-27(33)5)15-16-31(30)44-25(3)12-10-11-17-43-32(23)21-37(6)20-28-13-8-7-9-14-28/h15-16,18,23-25,28,32,36,39H,7-14,17,19-22H2,1-6H3/t23-,24-,25+,32+/m1/s1. The van der Waals surface area contributed by atoms with E-state index in [4.69, 9.17) is 14.0 Å². The first-order valence-electron chi connectivity index (χ1n) is 16.9. The molecule has 4 rings (SSSR count). The van der Waals surface area contributed by atoms with E-state index in [0.29, 0.717) is 24.8 Å². The molecule has 4 atom stereocenters. The molecule has 258 valence electrons. The number of carbonyl (C=O) groups excluding carboxylic acids is 1. The topological polar surface area (TPSA) is 134 Å². The van der Waals surface area contributed by atoms with Gasteiger partial charge in [-0.2, -0.15) is 0 Å². The van der Waals surface area contributed by atoms with Crippen molar-refractivity contribution >= 4 is 21.6 Å². The first kappa shape index (κ1) is 36.2. The maximum Gasteiger partial charge on any atom is 0.267 e. The minimum Gasteiger partial charge on any atom is -0.490 e. The van der Waals surface area contributed by atoms with Crippen LogP contribution in [0.25, 0.3) is 0 Å². The summed E-state index contributed by atoms with van der Waals surface area (Å²) in [7, 11) is -1.88. The molecule has 1 aliphatic carbocycles. The molecule has 0 radical (unpaired) electrons. The Labute approximate surface area is 275 Å². The average molecular weight is 663 g/mol. The maximum atomic E-state index is 14.4. The number of aryl methyl sites for hydroxylation is 2. The number of sulfonamides is 1. The summed E-state index contributed by atoms with van der Waals surface area (Å²) >= 11 is 0. The van der Waals surface area contributed by atoms with Crippen LogP contribution in [0.3, 0.4) is 0 Å². The Bertz CT molecular complexity index is 1370. The minimum absolute atomic E-state index is 0.0285. The lowest BCUT2D eigenvalue weighted by Gasteiger charge is -2.36. The van der Waals surface area contributed by atoms with E-state index in [1.165, 1.54) is 45.1 Å². The first-order valence-corrected chi connectivity index (χ1v) is 18.4. The number of nitrogens with zero attached hydrogens (tertiary/aromatic N) is 3. The molecule has 1 aromatic carbocycles. The summed E-state index contributed by atoms with van der Waals surface area (Å²) in [6, 6.07) is 4.25. The summed E-state index contributed by atoms with van der Waals surface area (Å²) < 4.78 is 47.1. The number of carbonyl (C=O) groups is 1. The highest BCUT2D eigenvalue weighted by Crippen LogP contribution is 2.31. The minimum atomic E-state index is -4.04. The van der Waals surface area contributed by atoms with Gasteiger partial charge in [0.2, 0.25) is 0 Å². The molecular weight excluding hydrogens is 608 g/mol. The second-order valence-electron chi connectivity index (χ2n) is 13.5. The van der Waals surface area contributed by atoms with Crippen molar-refractivity contribution in [3.05, 3.63) is 35.2 Å². The molecule has 12 heteroatoms. The molecule has 2 N–H and O–H groups in total. The van der Waals surface area contributed by atoms with Crippen LogP contribution in [0.15, 0.2) is 27.6 Å². The predicted octanol–water partition coefficient (Wildman–Crippen LogP) is 5.40. The Balaban J connectivity index is 1.63. The molecule has 2 heterocycles. The van der Waals surface area contributed by atoms with Crippen LogP contribution in [-0.2, 0) is 14.8 Å². The zero-order valence-electron chi connectivity index (χ0n) is 28.5. The molecule has 0 unspecified atom stereocenters. The second kappa shape index (κ2) is 16.4. The number of hydrogen-bond acceptors (Lipinski definition) is 9.